The van der Waals surface area contributed by atoms with Gasteiger partial charge in [-0.3, -0.25) is 10.1 Å². The number of rotatable bonds is 2. The second kappa shape index (κ2) is 4.99. The Morgan fingerprint density at radius 3 is 2.95 bits per heavy atom. The first-order valence-electron chi connectivity index (χ1n) is 6.78. The zero-order chi connectivity index (χ0) is 15.1. The minimum absolute atomic E-state index is 0.192. The topological polar surface area (TPSA) is 60.5 Å². The summed E-state index contributed by atoms with van der Waals surface area (Å²) in [6, 6.07) is 11.1. The van der Waals surface area contributed by atoms with Gasteiger partial charge in [0.25, 0.3) is 5.91 Å². The molecule has 4 rings (SSSR count). The molecule has 1 aromatic heterocycles. The van der Waals surface area contributed by atoms with E-state index in [1.165, 1.54) is 11.3 Å². The van der Waals surface area contributed by atoms with Crippen molar-refractivity contribution in [1.29, 1.82) is 0 Å². The van der Waals surface area contributed by atoms with Gasteiger partial charge in [-0.05, 0) is 36.8 Å². The Kier molecular flexibility index (Phi) is 2.97. The smallest absolute Gasteiger partial charge is 0.257 e. The molecule has 1 N–H and O–H groups in total. The predicted molar refractivity (Wildman–Crippen MR) is 84.9 cm³/mol. The van der Waals surface area contributed by atoms with Crippen LogP contribution in [0.2, 0.25) is 0 Å². The number of fused-ring (bicyclic) bond motifs is 2. The second-order valence-corrected chi connectivity index (χ2v) is 5.99. The van der Waals surface area contributed by atoms with Crippen LogP contribution in [0.5, 0.6) is 11.5 Å². The maximum atomic E-state index is 12.3. The summed E-state index contributed by atoms with van der Waals surface area (Å²) in [5.41, 5.74) is 2.53. The van der Waals surface area contributed by atoms with E-state index >= 15 is 0 Å². The number of anilines is 1. The first-order chi connectivity index (χ1) is 10.7. The highest BCUT2D eigenvalue weighted by molar-refractivity contribution is 7.22. The minimum Gasteiger partial charge on any atom is -0.454 e. The van der Waals surface area contributed by atoms with Gasteiger partial charge in [-0.25, -0.2) is 4.98 Å². The fraction of sp³-hybridized carbons (Fsp3) is 0.125. The number of carbonyl (C=O) groups is 1. The number of ether oxygens (including phenoxy) is 2. The van der Waals surface area contributed by atoms with E-state index in [0.29, 0.717) is 22.2 Å². The quantitative estimate of drug-likeness (QED) is 0.785. The van der Waals surface area contributed by atoms with Gasteiger partial charge in [0.2, 0.25) is 6.79 Å². The normalized spacial score (nSPS) is 12.6. The second-order valence-electron chi connectivity index (χ2n) is 4.96. The van der Waals surface area contributed by atoms with Crippen LogP contribution in [-0.2, 0) is 0 Å². The number of nitrogens with zero attached hydrogens (tertiary/aromatic N) is 1. The Hall–Kier alpha value is -2.60. The van der Waals surface area contributed by atoms with Gasteiger partial charge in [0, 0.05) is 5.56 Å². The van der Waals surface area contributed by atoms with Crippen LogP contribution in [0.4, 0.5) is 5.13 Å². The lowest BCUT2D eigenvalue weighted by Gasteiger charge is -2.02. The molecule has 1 aliphatic rings. The maximum absolute atomic E-state index is 12.3. The lowest BCUT2D eigenvalue weighted by Crippen LogP contribution is -2.11. The van der Waals surface area contributed by atoms with Crippen LogP contribution in [0, 0.1) is 6.92 Å². The third-order valence-electron chi connectivity index (χ3n) is 3.48. The third-order valence-corrected chi connectivity index (χ3v) is 4.41. The molecule has 0 unspecified atom stereocenters. The van der Waals surface area contributed by atoms with Crippen molar-refractivity contribution in [2.24, 2.45) is 0 Å². The largest absolute Gasteiger partial charge is 0.454 e. The van der Waals surface area contributed by atoms with Crippen LogP contribution in [0.25, 0.3) is 10.2 Å². The molecule has 0 fully saturated rings. The Morgan fingerprint density at radius 2 is 2.09 bits per heavy atom. The molecule has 0 saturated carbocycles. The Labute approximate surface area is 130 Å². The maximum Gasteiger partial charge on any atom is 0.257 e. The van der Waals surface area contributed by atoms with Gasteiger partial charge in [0.1, 0.15) is 0 Å². The third kappa shape index (κ3) is 2.17. The predicted octanol–water partition coefficient (Wildman–Crippen LogP) is 3.59. The van der Waals surface area contributed by atoms with Crippen molar-refractivity contribution in [3.63, 3.8) is 0 Å². The molecule has 0 radical (unpaired) electrons. The summed E-state index contributed by atoms with van der Waals surface area (Å²) in [4.78, 5) is 16.8. The van der Waals surface area contributed by atoms with E-state index in [1.807, 2.05) is 25.1 Å². The molecule has 5 nitrogen and oxygen atoms in total. The van der Waals surface area contributed by atoms with Gasteiger partial charge in [0.15, 0.2) is 16.6 Å². The molecule has 2 heterocycles. The molecule has 110 valence electrons. The average Bonchev–Trinajstić information content (AvgIpc) is 3.13. The summed E-state index contributed by atoms with van der Waals surface area (Å²) in [6.07, 6.45) is 0. The number of thiazole rings is 1. The van der Waals surface area contributed by atoms with E-state index in [9.17, 15) is 4.79 Å². The van der Waals surface area contributed by atoms with E-state index in [2.05, 4.69) is 10.3 Å². The summed E-state index contributed by atoms with van der Waals surface area (Å²) < 4.78 is 11.6. The molecule has 3 aromatic rings. The highest BCUT2D eigenvalue weighted by Crippen LogP contribution is 2.33. The van der Waals surface area contributed by atoms with Gasteiger partial charge in [0.05, 0.1) is 10.2 Å². The molecule has 1 amide bonds. The van der Waals surface area contributed by atoms with Crippen molar-refractivity contribution in [3.8, 4) is 11.5 Å². The molecule has 1 aliphatic heterocycles. The number of aryl methyl sites for hydroxylation is 1. The zero-order valence-corrected chi connectivity index (χ0v) is 12.6. The number of amides is 1. The number of nitrogens with one attached hydrogen (secondary N) is 1. The Balaban J connectivity index is 1.61. The van der Waals surface area contributed by atoms with Crippen molar-refractivity contribution in [3.05, 3.63) is 47.5 Å². The molecule has 6 heteroatoms. The van der Waals surface area contributed by atoms with Crippen molar-refractivity contribution in [1.82, 2.24) is 4.98 Å². The van der Waals surface area contributed by atoms with Crippen LogP contribution in [0.3, 0.4) is 0 Å². The lowest BCUT2D eigenvalue weighted by atomic mass is 10.2. The number of aromatic nitrogens is 1. The number of hydrogen-bond acceptors (Lipinski definition) is 5. The van der Waals surface area contributed by atoms with Gasteiger partial charge in [-0.1, -0.05) is 23.5 Å². The summed E-state index contributed by atoms with van der Waals surface area (Å²) in [7, 11) is 0. The number of benzene rings is 2. The highest BCUT2D eigenvalue weighted by Gasteiger charge is 2.17. The molecular weight excluding hydrogens is 300 g/mol. The highest BCUT2D eigenvalue weighted by atomic mass is 32.1. The molecule has 0 atom stereocenters. The van der Waals surface area contributed by atoms with Crippen molar-refractivity contribution in [2.45, 2.75) is 6.92 Å². The van der Waals surface area contributed by atoms with Crippen LogP contribution in [0.1, 0.15) is 15.9 Å². The van der Waals surface area contributed by atoms with Crippen LogP contribution in [0.15, 0.2) is 36.4 Å². The molecule has 2 aromatic carbocycles. The van der Waals surface area contributed by atoms with Gasteiger partial charge in [-0.15, -0.1) is 0 Å². The molecule has 22 heavy (non-hydrogen) atoms. The van der Waals surface area contributed by atoms with Crippen LogP contribution in [-0.4, -0.2) is 17.7 Å². The van der Waals surface area contributed by atoms with Gasteiger partial charge in [-0.2, -0.15) is 0 Å². The lowest BCUT2D eigenvalue weighted by molar-refractivity contribution is 0.102. The fourth-order valence-electron chi connectivity index (χ4n) is 2.35. The van der Waals surface area contributed by atoms with Crippen molar-refractivity contribution < 1.29 is 14.3 Å². The standard InChI is InChI=1S/C16H12N2O3S/c1-9-3-2-4-13-14(9)17-16(22-13)18-15(19)10-5-6-11-12(7-10)21-8-20-11/h2-7H,8H2,1H3,(H,17,18,19). The SMILES string of the molecule is Cc1cccc2sc(NC(=O)c3ccc4c(c3)OCO4)nc12. The summed E-state index contributed by atoms with van der Waals surface area (Å²) >= 11 is 1.46. The van der Waals surface area contributed by atoms with E-state index in [-0.39, 0.29) is 12.7 Å². The average molecular weight is 312 g/mol. The van der Waals surface area contributed by atoms with Crippen molar-refractivity contribution >= 4 is 32.6 Å². The fourth-order valence-corrected chi connectivity index (χ4v) is 3.29. The number of carbonyl (C=O) groups excluding carboxylic acids is 1. The number of para-hydroxylation sites is 1. The molecule has 0 saturated heterocycles. The molecular formula is C16H12N2O3S. The summed E-state index contributed by atoms with van der Waals surface area (Å²) in [5.74, 6) is 1.04. The summed E-state index contributed by atoms with van der Waals surface area (Å²) in [6.45, 7) is 2.20. The first kappa shape index (κ1) is 13.1. The Bertz CT molecular complexity index is 888. The monoisotopic (exact) mass is 312 g/mol. The van der Waals surface area contributed by atoms with E-state index in [0.717, 1.165) is 15.8 Å². The van der Waals surface area contributed by atoms with E-state index in [4.69, 9.17) is 9.47 Å². The van der Waals surface area contributed by atoms with Crippen molar-refractivity contribution in [2.75, 3.05) is 12.1 Å². The molecule has 0 aliphatic carbocycles. The Morgan fingerprint density at radius 1 is 1.23 bits per heavy atom. The van der Waals surface area contributed by atoms with Crippen LogP contribution < -0.4 is 14.8 Å². The van der Waals surface area contributed by atoms with Gasteiger partial charge < -0.3 is 9.47 Å². The molecule has 0 spiro atoms. The summed E-state index contributed by atoms with van der Waals surface area (Å²) in [5, 5.41) is 3.43. The van der Waals surface area contributed by atoms with E-state index < -0.39 is 0 Å². The zero-order valence-electron chi connectivity index (χ0n) is 11.8. The van der Waals surface area contributed by atoms with Crippen LogP contribution >= 0.6 is 11.3 Å². The van der Waals surface area contributed by atoms with Gasteiger partial charge >= 0.3 is 0 Å². The number of hydrogen-bond donors (Lipinski definition) is 1. The van der Waals surface area contributed by atoms with E-state index in [1.54, 1.807) is 18.2 Å². The minimum atomic E-state index is -0.213. The molecule has 0 bridgehead atoms. The first-order valence-corrected chi connectivity index (χ1v) is 7.59.